The highest BCUT2D eigenvalue weighted by molar-refractivity contribution is 8.00. The van der Waals surface area contributed by atoms with Crippen LogP contribution in [0.4, 0.5) is 10.5 Å². The Morgan fingerprint density at radius 2 is 2.00 bits per heavy atom. The van der Waals surface area contributed by atoms with Gasteiger partial charge in [-0.1, -0.05) is 19.1 Å². The molecule has 0 radical (unpaired) electrons. The largest absolute Gasteiger partial charge is 0.454 e. The molecule has 1 aromatic rings. The number of para-hydroxylation sites is 1. The van der Waals surface area contributed by atoms with E-state index in [4.69, 9.17) is 4.74 Å². The van der Waals surface area contributed by atoms with Gasteiger partial charge in [0.15, 0.2) is 6.61 Å². The van der Waals surface area contributed by atoms with E-state index in [-0.39, 0.29) is 5.91 Å². The molecule has 9 heteroatoms. The molecule has 3 rings (SSSR count). The summed E-state index contributed by atoms with van der Waals surface area (Å²) in [6.07, 6.45) is 0.816. The molecular weight excluding hydrogens is 382 g/mol. The van der Waals surface area contributed by atoms with Gasteiger partial charge in [0.2, 0.25) is 0 Å². The molecule has 0 saturated carbocycles. The summed E-state index contributed by atoms with van der Waals surface area (Å²) in [5, 5.41) is 2.85. The number of nitrogens with zero attached hydrogens (tertiary/aromatic N) is 2. The van der Waals surface area contributed by atoms with Crippen LogP contribution in [0, 0.1) is 0 Å². The van der Waals surface area contributed by atoms with Crippen molar-refractivity contribution in [1.29, 1.82) is 0 Å². The van der Waals surface area contributed by atoms with Crippen LogP contribution in [0.15, 0.2) is 29.2 Å². The zero-order chi connectivity index (χ0) is 20.5. The van der Waals surface area contributed by atoms with Gasteiger partial charge in [0, 0.05) is 16.7 Å². The number of carbonyl (C=O) groups is 4. The molecule has 0 unspecified atom stereocenters. The quantitative estimate of drug-likeness (QED) is 0.606. The zero-order valence-corrected chi connectivity index (χ0v) is 16.9. The molecule has 1 N–H and O–H groups in total. The van der Waals surface area contributed by atoms with Crippen LogP contribution in [0.2, 0.25) is 0 Å². The van der Waals surface area contributed by atoms with Gasteiger partial charge in [-0.3, -0.25) is 19.3 Å². The second-order valence-corrected chi connectivity index (χ2v) is 8.82. The van der Waals surface area contributed by atoms with Crippen LogP contribution in [0.25, 0.3) is 0 Å². The van der Waals surface area contributed by atoms with Crippen LogP contribution in [0.5, 0.6) is 0 Å². The maximum Gasteiger partial charge on any atom is 0.326 e. The van der Waals surface area contributed by atoms with Crippen LogP contribution >= 0.6 is 11.8 Å². The minimum absolute atomic E-state index is 0.340. The lowest BCUT2D eigenvalue weighted by Gasteiger charge is -2.22. The number of benzene rings is 1. The second kappa shape index (κ2) is 7.83. The van der Waals surface area contributed by atoms with Gasteiger partial charge in [-0.05, 0) is 32.4 Å². The number of hydrogen-bond acceptors (Lipinski definition) is 6. The molecule has 1 atom stereocenters. The summed E-state index contributed by atoms with van der Waals surface area (Å²) in [5.41, 5.74) is -0.258. The number of thioether (sulfide) groups is 1. The maximum absolute atomic E-state index is 12.7. The number of urea groups is 1. The first-order chi connectivity index (χ1) is 13.2. The van der Waals surface area contributed by atoms with Crippen LogP contribution < -0.4 is 10.2 Å². The Bertz CT molecular complexity index is 826. The Hall–Kier alpha value is -2.55. The highest BCUT2D eigenvalue weighted by Gasteiger charge is 2.45. The molecule has 0 spiro atoms. The van der Waals surface area contributed by atoms with E-state index in [0.717, 1.165) is 21.9 Å². The Balaban J connectivity index is 1.61. The first-order valence-corrected chi connectivity index (χ1v) is 9.93. The topological polar surface area (TPSA) is 96.0 Å². The highest BCUT2D eigenvalue weighted by atomic mass is 32.2. The summed E-state index contributed by atoms with van der Waals surface area (Å²) < 4.78 is 5.06. The number of amides is 4. The number of rotatable bonds is 4. The predicted octanol–water partition coefficient (Wildman–Crippen LogP) is 1.78. The number of ether oxygens (including phenoxy) is 1. The van der Waals surface area contributed by atoms with Gasteiger partial charge < -0.3 is 15.0 Å². The number of carbonyl (C=O) groups excluding carboxylic acids is 4. The normalized spacial score (nSPS) is 21.0. The zero-order valence-electron chi connectivity index (χ0n) is 16.1. The lowest BCUT2D eigenvalue weighted by molar-refractivity contribution is -0.150. The van der Waals surface area contributed by atoms with Crippen molar-refractivity contribution >= 4 is 41.3 Å². The van der Waals surface area contributed by atoms with E-state index in [0.29, 0.717) is 11.8 Å². The minimum atomic E-state index is -1.06. The van der Waals surface area contributed by atoms with Gasteiger partial charge in [-0.15, -0.1) is 11.8 Å². The van der Waals surface area contributed by atoms with Gasteiger partial charge in [0.1, 0.15) is 12.1 Å². The molecule has 2 aliphatic rings. The Morgan fingerprint density at radius 3 is 2.68 bits per heavy atom. The lowest BCUT2D eigenvalue weighted by Crippen LogP contribution is -2.41. The van der Waals surface area contributed by atoms with Crippen molar-refractivity contribution in [1.82, 2.24) is 10.2 Å². The van der Waals surface area contributed by atoms with Crippen LogP contribution in [-0.4, -0.2) is 59.2 Å². The molecule has 2 aliphatic heterocycles. The third-order valence-electron chi connectivity index (χ3n) is 4.63. The fraction of sp³-hybridized carbons (Fsp3) is 0.474. The first kappa shape index (κ1) is 20.2. The fourth-order valence-corrected chi connectivity index (χ4v) is 4.22. The van der Waals surface area contributed by atoms with E-state index in [2.05, 4.69) is 12.2 Å². The molecule has 2 heterocycles. The fourth-order valence-electron chi connectivity index (χ4n) is 3.10. The lowest BCUT2D eigenvalue weighted by atomic mass is 10.1. The molecule has 4 amide bonds. The van der Waals surface area contributed by atoms with Gasteiger partial charge in [-0.25, -0.2) is 4.79 Å². The number of esters is 1. The Kier molecular flexibility index (Phi) is 5.64. The number of hydrogen-bond donors (Lipinski definition) is 1. The number of anilines is 1. The van der Waals surface area contributed by atoms with Gasteiger partial charge in [-0.2, -0.15) is 0 Å². The number of fused-ring (bicyclic) bond motifs is 1. The van der Waals surface area contributed by atoms with E-state index < -0.39 is 36.6 Å². The molecular formula is C19H23N3O5S. The third kappa shape index (κ3) is 4.14. The molecule has 1 fully saturated rings. The van der Waals surface area contributed by atoms with Gasteiger partial charge in [0.25, 0.3) is 11.8 Å². The minimum Gasteiger partial charge on any atom is -0.454 e. The first-order valence-electron chi connectivity index (χ1n) is 9.05. The van der Waals surface area contributed by atoms with Crippen molar-refractivity contribution in [3.8, 4) is 0 Å². The summed E-state index contributed by atoms with van der Waals surface area (Å²) in [5.74, 6) is -1.65. The molecule has 1 saturated heterocycles. The Morgan fingerprint density at radius 1 is 1.29 bits per heavy atom. The predicted molar refractivity (Wildman–Crippen MR) is 104 cm³/mol. The van der Waals surface area contributed by atoms with E-state index in [1.807, 2.05) is 24.3 Å². The summed E-state index contributed by atoms with van der Waals surface area (Å²) in [7, 11) is 0. The average Bonchev–Trinajstić information content (AvgIpc) is 2.76. The third-order valence-corrected chi connectivity index (χ3v) is 5.87. The van der Waals surface area contributed by atoms with E-state index >= 15 is 0 Å². The molecule has 0 aliphatic carbocycles. The van der Waals surface area contributed by atoms with Crippen LogP contribution in [-0.2, 0) is 19.1 Å². The molecule has 1 aromatic carbocycles. The Labute approximate surface area is 167 Å². The molecule has 150 valence electrons. The summed E-state index contributed by atoms with van der Waals surface area (Å²) in [6, 6.07) is 6.97. The van der Waals surface area contributed by atoms with Crippen molar-refractivity contribution in [3.63, 3.8) is 0 Å². The number of imide groups is 1. The monoisotopic (exact) mass is 405 g/mol. The highest BCUT2D eigenvalue weighted by Crippen LogP contribution is 2.37. The van der Waals surface area contributed by atoms with Crippen molar-refractivity contribution in [2.45, 2.75) is 42.9 Å². The summed E-state index contributed by atoms with van der Waals surface area (Å²) in [6.45, 7) is 4.78. The summed E-state index contributed by atoms with van der Waals surface area (Å²) >= 11 is 1.71. The van der Waals surface area contributed by atoms with Crippen molar-refractivity contribution in [3.05, 3.63) is 24.3 Å². The smallest absolute Gasteiger partial charge is 0.326 e. The summed E-state index contributed by atoms with van der Waals surface area (Å²) in [4.78, 5) is 52.1. The van der Waals surface area contributed by atoms with E-state index in [9.17, 15) is 19.2 Å². The standard InChI is InChI=1S/C19H23N3O5S/c1-12-8-9-21(13-6-4-5-7-14(13)28-12)15(23)11-27-16(24)10-22-17(25)19(2,3)20-18(22)26/h4-7,12H,8-11H2,1-3H3,(H,20,26)/t12-/m0/s1. The van der Waals surface area contributed by atoms with E-state index in [1.54, 1.807) is 30.5 Å². The average molecular weight is 405 g/mol. The number of nitrogens with one attached hydrogen (secondary N) is 1. The van der Waals surface area contributed by atoms with Crippen LogP contribution in [0.1, 0.15) is 27.2 Å². The van der Waals surface area contributed by atoms with Crippen LogP contribution in [0.3, 0.4) is 0 Å². The second-order valence-electron chi connectivity index (χ2n) is 7.34. The molecule has 0 bridgehead atoms. The molecule has 0 aromatic heterocycles. The molecule has 28 heavy (non-hydrogen) atoms. The van der Waals surface area contributed by atoms with Gasteiger partial charge in [0.05, 0.1) is 5.69 Å². The van der Waals surface area contributed by atoms with E-state index in [1.165, 1.54) is 0 Å². The SMILES string of the molecule is C[C@H]1CCN(C(=O)COC(=O)CN2C(=O)NC(C)(C)C2=O)c2ccccc2S1. The van der Waals surface area contributed by atoms with Crippen molar-refractivity contribution in [2.24, 2.45) is 0 Å². The maximum atomic E-state index is 12.7. The van der Waals surface area contributed by atoms with Gasteiger partial charge >= 0.3 is 12.0 Å². The van der Waals surface area contributed by atoms with Crippen molar-refractivity contribution < 1.29 is 23.9 Å². The van der Waals surface area contributed by atoms with Crippen molar-refractivity contribution in [2.75, 3.05) is 24.6 Å². The molecule has 8 nitrogen and oxygen atoms in total.